The van der Waals surface area contributed by atoms with Gasteiger partial charge < -0.3 is 10.8 Å². The van der Waals surface area contributed by atoms with E-state index in [2.05, 4.69) is 6.92 Å². The molecule has 88 valence electrons. The van der Waals surface area contributed by atoms with Crippen molar-refractivity contribution in [2.75, 3.05) is 0 Å². The quantitative estimate of drug-likeness (QED) is 0.682. The van der Waals surface area contributed by atoms with Crippen molar-refractivity contribution in [2.24, 2.45) is 17.6 Å². The van der Waals surface area contributed by atoms with E-state index in [0.717, 1.165) is 12.3 Å². The molecule has 0 unspecified atom stereocenters. The number of carboxylic acids is 1. The van der Waals surface area contributed by atoms with Gasteiger partial charge in [0.2, 0.25) is 0 Å². The maximum absolute atomic E-state index is 10.5. The van der Waals surface area contributed by atoms with Gasteiger partial charge in [-0.15, -0.1) is 0 Å². The fourth-order valence-corrected chi connectivity index (χ4v) is 2.13. The van der Waals surface area contributed by atoms with Gasteiger partial charge >= 0.3 is 5.97 Å². The zero-order valence-electron chi connectivity index (χ0n) is 9.61. The van der Waals surface area contributed by atoms with E-state index < -0.39 is 5.97 Å². The smallest absolute Gasteiger partial charge is 0.304 e. The van der Waals surface area contributed by atoms with Gasteiger partial charge in [0.1, 0.15) is 0 Å². The number of nitrogens with two attached hydrogens (primary N) is 1. The maximum atomic E-state index is 10.5. The zero-order chi connectivity index (χ0) is 11.3. The van der Waals surface area contributed by atoms with Crippen molar-refractivity contribution in [3.05, 3.63) is 0 Å². The van der Waals surface area contributed by atoms with Crippen LogP contribution in [-0.4, -0.2) is 17.1 Å². The van der Waals surface area contributed by atoms with Gasteiger partial charge in [-0.1, -0.05) is 39.0 Å². The lowest BCUT2D eigenvalue weighted by atomic mass is 9.80. The number of hydrogen-bond donors (Lipinski definition) is 2. The molecule has 0 spiro atoms. The monoisotopic (exact) mass is 213 g/mol. The highest BCUT2D eigenvalue weighted by molar-refractivity contribution is 5.67. The molecule has 2 atom stereocenters. The van der Waals surface area contributed by atoms with E-state index in [1.807, 2.05) is 0 Å². The van der Waals surface area contributed by atoms with E-state index in [9.17, 15) is 4.79 Å². The van der Waals surface area contributed by atoms with Gasteiger partial charge in [-0.2, -0.15) is 0 Å². The zero-order valence-corrected chi connectivity index (χ0v) is 9.61. The first-order valence-corrected chi connectivity index (χ1v) is 6.07. The second kappa shape index (κ2) is 6.11. The van der Waals surface area contributed by atoms with Gasteiger partial charge in [0.15, 0.2) is 0 Å². The Morgan fingerprint density at radius 3 is 2.67 bits per heavy atom. The topological polar surface area (TPSA) is 63.3 Å². The molecule has 1 aliphatic rings. The molecule has 0 amide bonds. The Bertz CT molecular complexity index is 202. The molecule has 1 aliphatic carbocycles. The number of aliphatic carboxylic acids is 1. The van der Waals surface area contributed by atoms with Crippen molar-refractivity contribution >= 4 is 5.97 Å². The largest absolute Gasteiger partial charge is 0.481 e. The Balaban J connectivity index is 2.05. The third kappa shape index (κ3) is 4.65. The van der Waals surface area contributed by atoms with Gasteiger partial charge in [0, 0.05) is 6.04 Å². The Labute approximate surface area is 92.0 Å². The summed E-state index contributed by atoms with van der Waals surface area (Å²) in [7, 11) is 0. The van der Waals surface area contributed by atoms with Gasteiger partial charge in [-0.25, -0.2) is 0 Å². The van der Waals surface area contributed by atoms with Gasteiger partial charge in [0.25, 0.3) is 0 Å². The summed E-state index contributed by atoms with van der Waals surface area (Å²) in [5.74, 6) is 0.502. The minimum atomic E-state index is -0.784. The van der Waals surface area contributed by atoms with Crippen LogP contribution < -0.4 is 5.73 Å². The number of rotatable bonds is 7. The lowest BCUT2D eigenvalue weighted by Gasteiger charge is -2.26. The highest BCUT2D eigenvalue weighted by Crippen LogP contribution is 2.31. The number of hydrogen-bond acceptors (Lipinski definition) is 2. The number of carbonyl (C=O) groups is 1. The van der Waals surface area contributed by atoms with E-state index in [-0.39, 0.29) is 12.5 Å². The van der Waals surface area contributed by atoms with Crippen molar-refractivity contribution in [2.45, 2.75) is 57.9 Å². The highest BCUT2D eigenvalue weighted by Gasteiger charge is 2.19. The summed E-state index contributed by atoms with van der Waals surface area (Å²) in [6.07, 6.45) is 7.89. The Hall–Kier alpha value is -0.570. The third-order valence-electron chi connectivity index (χ3n) is 3.64. The van der Waals surface area contributed by atoms with Crippen molar-refractivity contribution in [1.82, 2.24) is 0 Å². The summed E-state index contributed by atoms with van der Waals surface area (Å²) in [5, 5.41) is 8.61. The Morgan fingerprint density at radius 1 is 1.53 bits per heavy atom. The standard InChI is InChI=1S/C12H23NO2/c1-9(11(13)8-12(14)15)4-2-5-10-6-3-7-10/h9-11H,2-8,13H2,1H3,(H,14,15)/t9-,11+/m0/s1. The molecule has 1 saturated carbocycles. The fourth-order valence-electron chi connectivity index (χ4n) is 2.13. The molecule has 1 rings (SSSR count). The van der Waals surface area contributed by atoms with Crippen LogP contribution in [0.15, 0.2) is 0 Å². The lowest BCUT2D eigenvalue weighted by Crippen LogP contribution is -2.31. The van der Waals surface area contributed by atoms with Crippen molar-refractivity contribution in [3.63, 3.8) is 0 Å². The van der Waals surface area contributed by atoms with Crippen molar-refractivity contribution < 1.29 is 9.90 Å². The van der Waals surface area contributed by atoms with Crippen LogP contribution in [0.3, 0.4) is 0 Å². The second-order valence-corrected chi connectivity index (χ2v) is 4.97. The molecule has 3 N–H and O–H groups in total. The molecule has 0 bridgehead atoms. The first kappa shape index (κ1) is 12.5. The van der Waals surface area contributed by atoms with Crippen LogP contribution in [0.5, 0.6) is 0 Å². The van der Waals surface area contributed by atoms with E-state index in [1.54, 1.807) is 0 Å². The molecule has 3 heteroatoms. The predicted octanol–water partition coefficient (Wildman–Crippen LogP) is 2.39. The molecule has 3 nitrogen and oxygen atoms in total. The normalized spacial score (nSPS) is 20.7. The summed E-state index contributed by atoms with van der Waals surface area (Å²) < 4.78 is 0. The molecule has 15 heavy (non-hydrogen) atoms. The van der Waals surface area contributed by atoms with Crippen LogP contribution in [0.2, 0.25) is 0 Å². The average Bonchev–Trinajstić information content (AvgIpc) is 2.07. The van der Waals surface area contributed by atoms with Crippen LogP contribution in [-0.2, 0) is 4.79 Å². The van der Waals surface area contributed by atoms with E-state index in [0.29, 0.717) is 5.92 Å². The van der Waals surface area contributed by atoms with E-state index in [4.69, 9.17) is 10.8 Å². The van der Waals surface area contributed by atoms with Crippen LogP contribution in [0.1, 0.15) is 51.9 Å². The van der Waals surface area contributed by atoms with Crippen LogP contribution in [0.25, 0.3) is 0 Å². The summed E-state index contributed by atoms with van der Waals surface area (Å²) >= 11 is 0. The third-order valence-corrected chi connectivity index (χ3v) is 3.64. The molecule has 0 aliphatic heterocycles. The molecule has 0 heterocycles. The fraction of sp³-hybridized carbons (Fsp3) is 0.917. The maximum Gasteiger partial charge on any atom is 0.304 e. The molecular weight excluding hydrogens is 190 g/mol. The first-order chi connectivity index (χ1) is 7.09. The Kier molecular flexibility index (Phi) is 5.09. The average molecular weight is 213 g/mol. The van der Waals surface area contributed by atoms with E-state index in [1.165, 1.54) is 32.1 Å². The van der Waals surface area contributed by atoms with E-state index >= 15 is 0 Å². The summed E-state index contributed by atoms with van der Waals surface area (Å²) in [6, 6.07) is -0.177. The van der Waals surface area contributed by atoms with Crippen molar-refractivity contribution in [1.29, 1.82) is 0 Å². The molecule has 0 aromatic carbocycles. The molecule has 0 aromatic rings. The summed E-state index contributed by atoms with van der Waals surface area (Å²) in [6.45, 7) is 2.06. The van der Waals surface area contributed by atoms with Crippen molar-refractivity contribution in [3.8, 4) is 0 Å². The molecule has 1 fully saturated rings. The minimum absolute atomic E-state index is 0.102. The first-order valence-electron chi connectivity index (χ1n) is 6.07. The molecule has 0 radical (unpaired) electrons. The van der Waals surface area contributed by atoms with Crippen LogP contribution >= 0.6 is 0 Å². The summed E-state index contributed by atoms with van der Waals surface area (Å²) in [4.78, 5) is 10.5. The van der Waals surface area contributed by atoms with Gasteiger partial charge in [0.05, 0.1) is 6.42 Å². The number of carboxylic acid groups (broad SMARTS) is 1. The lowest BCUT2D eigenvalue weighted by molar-refractivity contribution is -0.137. The minimum Gasteiger partial charge on any atom is -0.481 e. The molecule has 0 aromatic heterocycles. The second-order valence-electron chi connectivity index (χ2n) is 4.97. The highest BCUT2D eigenvalue weighted by atomic mass is 16.4. The summed E-state index contributed by atoms with van der Waals surface area (Å²) in [5.41, 5.74) is 5.80. The van der Waals surface area contributed by atoms with Gasteiger partial charge in [-0.05, 0) is 18.3 Å². The molecule has 0 saturated heterocycles. The Morgan fingerprint density at radius 2 is 2.20 bits per heavy atom. The van der Waals surface area contributed by atoms with Crippen LogP contribution in [0, 0.1) is 11.8 Å². The molecular formula is C12H23NO2. The van der Waals surface area contributed by atoms with Gasteiger partial charge in [-0.3, -0.25) is 4.79 Å². The van der Waals surface area contributed by atoms with Crippen LogP contribution in [0.4, 0.5) is 0 Å². The predicted molar refractivity (Wildman–Crippen MR) is 60.6 cm³/mol. The SMILES string of the molecule is C[C@@H](CCCC1CCC1)[C@H](N)CC(=O)O.